The summed E-state index contributed by atoms with van der Waals surface area (Å²) in [6.07, 6.45) is 1.25. The molecule has 98 valence electrons. The predicted molar refractivity (Wildman–Crippen MR) is 69.7 cm³/mol. The Morgan fingerprint density at radius 1 is 1.44 bits per heavy atom. The summed E-state index contributed by atoms with van der Waals surface area (Å²) in [5.74, 6) is 0.832. The lowest BCUT2D eigenvalue weighted by Gasteiger charge is -2.35. The van der Waals surface area contributed by atoms with Crippen molar-refractivity contribution in [3.63, 3.8) is 0 Å². The Labute approximate surface area is 107 Å². The standard InChI is InChI=1S/C13H19N3O2/c1-3-15(4-2)12-6-5-10(7-14-12)13(18)16-8-11(17)9-16/h5-7,11,17H,3-4,8-9H2,1-2H3. The van der Waals surface area contributed by atoms with Crippen molar-refractivity contribution < 1.29 is 9.90 Å². The van der Waals surface area contributed by atoms with E-state index in [9.17, 15) is 9.90 Å². The Kier molecular flexibility index (Phi) is 3.81. The van der Waals surface area contributed by atoms with E-state index >= 15 is 0 Å². The third kappa shape index (κ3) is 2.46. The number of amides is 1. The average Bonchev–Trinajstić information content (AvgIpc) is 2.36. The highest BCUT2D eigenvalue weighted by Crippen LogP contribution is 2.15. The molecule has 2 rings (SSSR count). The number of aliphatic hydroxyl groups excluding tert-OH is 1. The maximum Gasteiger partial charge on any atom is 0.255 e. The van der Waals surface area contributed by atoms with Gasteiger partial charge in [0.1, 0.15) is 5.82 Å². The van der Waals surface area contributed by atoms with Crippen molar-refractivity contribution in [2.24, 2.45) is 0 Å². The van der Waals surface area contributed by atoms with E-state index in [2.05, 4.69) is 23.7 Å². The van der Waals surface area contributed by atoms with Crippen molar-refractivity contribution >= 4 is 11.7 Å². The summed E-state index contributed by atoms with van der Waals surface area (Å²) in [6.45, 7) is 6.80. The first-order chi connectivity index (χ1) is 8.65. The molecule has 1 aliphatic rings. The number of likely N-dealkylation sites (tertiary alicyclic amines) is 1. The zero-order valence-electron chi connectivity index (χ0n) is 10.8. The van der Waals surface area contributed by atoms with Gasteiger partial charge in [-0.1, -0.05) is 0 Å². The normalized spacial score (nSPS) is 15.4. The molecular weight excluding hydrogens is 230 g/mol. The molecule has 1 saturated heterocycles. The maximum absolute atomic E-state index is 12.0. The summed E-state index contributed by atoms with van der Waals surface area (Å²) in [6, 6.07) is 3.67. The third-order valence-electron chi connectivity index (χ3n) is 3.23. The zero-order chi connectivity index (χ0) is 13.1. The number of aromatic nitrogens is 1. The fourth-order valence-corrected chi connectivity index (χ4v) is 2.05. The Morgan fingerprint density at radius 3 is 2.56 bits per heavy atom. The van der Waals surface area contributed by atoms with Crippen LogP contribution in [0.4, 0.5) is 5.82 Å². The topological polar surface area (TPSA) is 56.7 Å². The number of nitrogens with zero attached hydrogens (tertiary/aromatic N) is 3. The van der Waals surface area contributed by atoms with Crippen molar-refractivity contribution in [2.45, 2.75) is 20.0 Å². The summed E-state index contributed by atoms with van der Waals surface area (Å²) in [7, 11) is 0. The second-order valence-corrected chi connectivity index (χ2v) is 4.44. The van der Waals surface area contributed by atoms with Crippen molar-refractivity contribution in [1.29, 1.82) is 0 Å². The van der Waals surface area contributed by atoms with Gasteiger partial charge < -0.3 is 14.9 Å². The minimum atomic E-state index is -0.364. The monoisotopic (exact) mass is 249 g/mol. The van der Waals surface area contributed by atoms with Crippen molar-refractivity contribution in [3.8, 4) is 0 Å². The zero-order valence-corrected chi connectivity index (χ0v) is 10.8. The van der Waals surface area contributed by atoms with E-state index in [0.29, 0.717) is 18.7 Å². The second kappa shape index (κ2) is 5.35. The Morgan fingerprint density at radius 2 is 2.11 bits per heavy atom. The first-order valence-electron chi connectivity index (χ1n) is 6.34. The van der Waals surface area contributed by atoms with E-state index in [0.717, 1.165) is 18.9 Å². The van der Waals surface area contributed by atoms with Crippen molar-refractivity contribution in [2.75, 3.05) is 31.1 Å². The number of hydrogen-bond donors (Lipinski definition) is 1. The van der Waals surface area contributed by atoms with Gasteiger partial charge in [-0.15, -0.1) is 0 Å². The molecule has 1 N–H and O–H groups in total. The Bertz CT molecular complexity index is 409. The third-order valence-corrected chi connectivity index (χ3v) is 3.23. The SMILES string of the molecule is CCN(CC)c1ccc(C(=O)N2CC(O)C2)cn1. The predicted octanol–water partition coefficient (Wildman–Crippen LogP) is 0.745. The summed E-state index contributed by atoms with van der Waals surface area (Å²) >= 11 is 0. The second-order valence-electron chi connectivity index (χ2n) is 4.44. The minimum absolute atomic E-state index is 0.0566. The minimum Gasteiger partial charge on any atom is -0.389 e. The number of aliphatic hydroxyl groups is 1. The van der Waals surface area contributed by atoms with E-state index in [1.807, 2.05) is 6.07 Å². The first-order valence-corrected chi connectivity index (χ1v) is 6.34. The van der Waals surface area contributed by atoms with Crippen molar-refractivity contribution in [3.05, 3.63) is 23.9 Å². The van der Waals surface area contributed by atoms with Gasteiger partial charge in [0, 0.05) is 32.4 Å². The van der Waals surface area contributed by atoms with Crippen molar-refractivity contribution in [1.82, 2.24) is 9.88 Å². The molecule has 2 heterocycles. The Balaban J connectivity index is 2.05. The fourth-order valence-electron chi connectivity index (χ4n) is 2.05. The van der Waals surface area contributed by atoms with Crippen LogP contribution in [0.25, 0.3) is 0 Å². The molecule has 1 amide bonds. The fraction of sp³-hybridized carbons (Fsp3) is 0.538. The summed E-state index contributed by atoms with van der Waals surface area (Å²) < 4.78 is 0. The number of anilines is 1. The molecule has 0 bridgehead atoms. The van der Waals surface area contributed by atoms with Crippen LogP contribution in [0.3, 0.4) is 0 Å². The number of β-amino-alcohol motifs (C(OH)–C–C–N with tert-alkyl or cyclic N) is 1. The van der Waals surface area contributed by atoms with Crippen LogP contribution in [-0.2, 0) is 0 Å². The molecule has 0 spiro atoms. The molecule has 0 radical (unpaired) electrons. The van der Waals surface area contributed by atoms with Crippen LogP contribution in [0.1, 0.15) is 24.2 Å². The summed E-state index contributed by atoms with van der Waals surface area (Å²) in [5, 5.41) is 9.18. The number of rotatable bonds is 4. The summed E-state index contributed by atoms with van der Waals surface area (Å²) in [4.78, 5) is 20.0. The molecule has 1 fully saturated rings. The van der Waals surface area contributed by atoms with Gasteiger partial charge in [-0.25, -0.2) is 4.98 Å². The molecule has 5 nitrogen and oxygen atoms in total. The molecule has 0 unspecified atom stereocenters. The van der Waals surface area contributed by atoms with Gasteiger partial charge in [-0.05, 0) is 26.0 Å². The van der Waals surface area contributed by atoms with E-state index in [1.54, 1.807) is 17.2 Å². The lowest BCUT2D eigenvalue weighted by Crippen LogP contribution is -2.53. The molecule has 1 aromatic heterocycles. The van der Waals surface area contributed by atoms with E-state index in [-0.39, 0.29) is 12.0 Å². The largest absolute Gasteiger partial charge is 0.389 e. The van der Waals surface area contributed by atoms with Crippen LogP contribution in [-0.4, -0.2) is 53.2 Å². The quantitative estimate of drug-likeness (QED) is 0.855. The lowest BCUT2D eigenvalue weighted by atomic mass is 10.1. The maximum atomic E-state index is 12.0. The molecular formula is C13H19N3O2. The number of carbonyl (C=O) groups is 1. The van der Waals surface area contributed by atoms with Gasteiger partial charge in [0.2, 0.25) is 0 Å². The number of hydrogen-bond acceptors (Lipinski definition) is 4. The van der Waals surface area contributed by atoms with Gasteiger partial charge >= 0.3 is 0 Å². The molecule has 5 heteroatoms. The molecule has 18 heavy (non-hydrogen) atoms. The van der Waals surface area contributed by atoms with Crippen LogP contribution < -0.4 is 4.90 Å². The van der Waals surface area contributed by atoms with Crippen LogP contribution in [0.15, 0.2) is 18.3 Å². The van der Waals surface area contributed by atoms with Crippen LogP contribution in [0, 0.1) is 0 Å². The Hall–Kier alpha value is -1.62. The van der Waals surface area contributed by atoms with Gasteiger partial charge in [0.25, 0.3) is 5.91 Å². The lowest BCUT2D eigenvalue weighted by molar-refractivity contribution is 0.00587. The molecule has 1 aromatic rings. The van der Waals surface area contributed by atoms with E-state index < -0.39 is 0 Å². The smallest absolute Gasteiger partial charge is 0.255 e. The van der Waals surface area contributed by atoms with Crippen LogP contribution in [0.5, 0.6) is 0 Å². The van der Waals surface area contributed by atoms with Gasteiger partial charge in [-0.2, -0.15) is 0 Å². The highest BCUT2D eigenvalue weighted by molar-refractivity contribution is 5.94. The van der Waals surface area contributed by atoms with Gasteiger partial charge in [0.05, 0.1) is 11.7 Å². The summed E-state index contributed by atoms with van der Waals surface area (Å²) in [5.41, 5.74) is 0.581. The van der Waals surface area contributed by atoms with Crippen LogP contribution in [0.2, 0.25) is 0 Å². The van der Waals surface area contributed by atoms with Gasteiger partial charge in [0.15, 0.2) is 0 Å². The van der Waals surface area contributed by atoms with E-state index in [1.165, 1.54) is 0 Å². The average molecular weight is 249 g/mol. The highest BCUT2D eigenvalue weighted by atomic mass is 16.3. The molecule has 0 aliphatic carbocycles. The highest BCUT2D eigenvalue weighted by Gasteiger charge is 2.29. The molecule has 0 saturated carbocycles. The van der Waals surface area contributed by atoms with E-state index in [4.69, 9.17) is 0 Å². The number of carbonyl (C=O) groups excluding carboxylic acids is 1. The molecule has 1 aliphatic heterocycles. The van der Waals surface area contributed by atoms with Gasteiger partial charge in [-0.3, -0.25) is 4.79 Å². The molecule has 0 atom stereocenters. The first kappa shape index (κ1) is 12.8. The number of pyridine rings is 1. The molecule has 0 aromatic carbocycles. The van der Waals surface area contributed by atoms with Crippen LogP contribution >= 0.6 is 0 Å².